The molecule has 2 saturated heterocycles. The molecular weight excluding hydrogens is 850 g/mol. The number of amides is 4. The third-order valence-corrected chi connectivity index (χ3v) is 11.2. The summed E-state index contributed by atoms with van der Waals surface area (Å²) in [5.74, 6) is -0.587. The monoisotopic (exact) mass is 895 g/mol. The van der Waals surface area contributed by atoms with E-state index >= 15 is 0 Å². The zero-order valence-corrected chi connectivity index (χ0v) is 36.0. The molecule has 312 valence electrons. The molecule has 13 nitrogen and oxygen atoms in total. The Morgan fingerprint density at radius 1 is 0.917 bits per heavy atom. The second-order valence-corrected chi connectivity index (χ2v) is 16.4. The second-order valence-electron chi connectivity index (χ2n) is 15.3. The van der Waals surface area contributed by atoms with Crippen molar-refractivity contribution in [3.05, 3.63) is 149 Å². The van der Waals surface area contributed by atoms with Gasteiger partial charge in [-0.15, -0.1) is 11.8 Å². The number of halogens is 1. The molecule has 4 amide bonds. The van der Waals surface area contributed by atoms with Gasteiger partial charge in [-0.1, -0.05) is 60.7 Å². The lowest BCUT2D eigenvalue weighted by atomic mass is 10.00. The summed E-state index contributed by atoms with van der Waals surface area (Å²) >= 11 is 1.38. The van der Waals surface area contributed by atoms with E-state index in [0.717, 1.165) is 16.7 Å². The van der Waals surface area contributed by atoms with Crippen molar-refractivity contribution in [3.8, 4) is 5.75 Å². The summed E-state index contributed by atoms with van der Waals surface area (Å²) in [5.41, 5.74) is 3.31. The first kappa shape index (κ1) is 43.6. The Labute approximate surface area is 363 Å². The fraction of sp³-hybridized carbons (Fsp3) is 0.289. The van der Waals surface area contributed by atoms with Gasteiger partial charge in [-0.3, -0.25) is 19.3 Å². The maximum atomic E-state index is 14.4. The summed E-state index contributed by atoms with van der Waals surface area (Å²) in [5, 5.41) is 4.96. The van der Waals surface area contributed by atoms with Crippen molar-refractivity contribution < 1.29 is 59.7 Å². The number of likely N-dealkylation sites (tertiary alicyclic amines) is 1. The van der Waals surface area contributed by atoms with E-state index in [1.54, 1.807) is 80.1 Å². The Morgan fingerprint density at radius 2 is 1.55 bits per heavy atom. The maximum absolute atomic E-state index is 14.4. The number of carbonyl (C=O) groups is 5. The van der Waals surface area contributed by atoms with Gasteiger partial charge in [0.25, 0.3) is 11.8 Å². The minimum atomic E-state index is -0.915. The smallest absolute Gasteiger partial charge is 0.408 e. The van der Waals surface area contributed by atoms with Gasteiger partial charge in [-0.25, -0.2) is 9.59 Å². The molecule has 60 heavy (non-hydrogen) atoms. The van der Waals surface area contributed by atoms with Crippen molar-refractivity contribution in [3.63, 3.8) is 0 Å². The van der Waals surface area contributed by atoms with Gasteiger partial charge in [-0.2, -0.15) is 4.57 Å². The average molecular weight is 897 g/mol. The van der Waals surface area contributed by atoms with Crippen molar-refractivity contribution in [2.75, 3.05) is 24.7 Å². The van der Waals surface area contributed by atoms with Gasteiger partial charge in [0.15, 0.2) is 18.5 Å². The van der Waals surface area contributed by atoms with E-state index in [1.165, 1.54) is 16.7 Å². The van der Waals surface area contributed by atoms with E-state index in [1.807, 2.05) is 72.8 Å². The van der Waals surface area contributed by atoms with Crippen LogP contribution < -0.4 is 36.9 Å². The molecule has 3 aliphatic heterocycles. The number of thioether (sulfide) groups is 1. The number of nitrogens with one attached hydrogen (secondary N) is 2. The normalized spacial score (nSPS) is 18.1. The summed E-state index contributed by atoms with van der Waals surface area (Å²) in [6, 6.07) is 28.6. The first-order valence-corrected chi connectivity index (χ1v) is 20.3. The number of benzene rings is 3. The van der Waals surface area contributed by atoms with E-state index in [2.05, 4.69) is 10.6 Å². The average Bonchev–Trinajstić information content (AvgIpc) is 3.56. The number of nitrogens with zero attached hydrogens (tertiary/aromatic N) is 3. The summed E-state index contributed by atoms with van der Waals surface area (Å²) in [7, 11) is 1.58. The largest absolute Gasteiger partial charge is 1.00 e. The molecule has 0 aliphatic carbocycles. The van der Waals surface area contributed by atoms with E-state index in [0.29, 0.717) is 42.1 Å². The third kappa shape index (κ3) is 10.3. The molecule has 0 radical (unpaired) electrons. The predicted molar refractivity (Wildman–Crippen MR) is 220 cm³/mol. The molecular formula is C45H46BrN5O8S. The predicted octanol–water partition coefficient (Wildman–Crippen LogP) is 2.68. The zero-order valence-electron chi connectivity index (χ0n) is 33.6. The highest BCUT2D eigenvalue weighted by atomic mass is 79.9. The standard InChI is InChI=1S/C45H45N5O8S.BrH/c1-45(2,3)58-44(55)47-37-41(53)50-38(43(54)57-39(30-11-7-5-8-12-30)31-13-9-6-10-14-31)33(28-59-42(37)50)25-32-21-24-49(40(32)52)26-29-19-22-48(23-20-29)27-36(51)46-34-15-17-35(56-4)18-16-34;/h5-20,22-23,25,37,39,42H,21,24,26-28H2,1-4H3,(H-,46,47,51,55);1H/b32-25+;/t37-,42-;/m1./s1. The summed E-state index contributed by atoms with van der Waals surface area (Å²) in [6.45, 7) is 6.11. The number of aromatic nitrogens is 1. The lowest BCUT2D eigenvalue weighted by Gasteiger charge is -2.49. The highest BCUT2D eigenvalue weighted by molar-refractivity contribution is 8.00. The fourth-order valence-electron chi connectivity index (χ4n) is 7.05. The molecule has 4 aromatic rings. The van der Waals surface area contributed by atoms with Crippen molar-refractivity contribution in [2.45, 2.75) is 63.4 Å². The van der Waals surface area contributed by atoms with Gasteiger partial charge in [0.05, 0.1) is 7.11 Å². The number of anilines is 1. The number of ether oxygens (including phenoxy) is 3. The molecule has 2 atom stereocenters. The van der Waals surface area contributed by atoms with E-state index in [4.69, 9.17) is 14.2 Å². The number of esters is 1. The van der Waals surface area contributed by atoms with Crippen LogP contribution in [0.2, 0.25) is 0 Å². The third-order valence-electron chi connectivity index (χ3n) is 9.89. The van der Waals surface area contributed by atoms with Crippen molar-refractivity contribution in [2.24, 2.45) is 0 Å². The quantitative estimate of drug-likeness (QED) is 0.0950. The maximum Gasteiger partial charge on any atom is 0.408 e. The van der Waals surface area contributed by atoms with Crippen LogP contribution >= 0.6 is 11.8 Å². The molecule has 3 aliphatic rings. The topological polar surface area (TPSA) is 147 Å². The molecule has 0 spiro atoms. The second kappa shape index (κ2) is 19.0. The molecule has 2 N–H and O–H groups in total. The molecule has 2 fully saturated rings. The number of rotatable bonds is 12. The number of methoxy groups -OCH3 is 1. The molecule has 4 heterocycles. The van der Waals surface area contributed by atoms with Crippen LogP contribution in [0.4, 0.5) is 10.5 Å². The van der Waals surface area contributed by atoms with Gasteiger partial charge in [0, 0.05) is 42.2 Å². The summed E-state index contributed by atoms with van der Waals surface area (Å²) in [4.78, 5) is 70.5. The molecule has 15 heteroatoms. The molecule has 0 unspecified atom stereocenters. The Morgan fingerprint density at radius 3 is 2.15 bits per heavy atom. The van der Waals surface area contributed by atoms with Gasteiger partial charge < -0.3 is 46.7 Å². The Bertz CT molecular complexity index is 2240. The number of hydrogen-bond acceptors (Lipinski definition) is 9. The minimum absolute atomic E-state index is 0. The minimum Gasteiger partial charge on any atom is -1.00 e. The SMILES string of the molecule is COc1ccc(NC(=O)C[n+]2ccc(CN3CC/C(=C\C4=C(C(=O)OC(c5ccccc5)c5ccccc5)N5C(=O)[C@@H](NC(=O)OC(C)(C)C)[C@H]5SC4)C3=O)cc2)cc1.[Br-]. The van der Waals surface area contributed by atoms with Crippen molar-refractivity contribution in [1.82, 2.24) is 15.1 Å². The van der Waals surface area contributed by atoms with Crippen LogP contribution in [0.3, 0.4) is 0 Å². The summed E-state index contributed by atoms with van der Waals surface area (Å²) in [6.07, 6.45) is 4.24. The van der Waals surface area contributed by atoms with Crippen LogP contribution in [0.25, 0.3) is 0 Å². The Hall–Kier alpha value is -5.93. The molecule has 3 aromatic carbocycles. The van der Waals surface area contributed by atoms with Crippen LogP contribution in [0, 0.1) is 0 Å². The lowest BCUT2D eigenvalue weighted by Crippen LogP contribution is -3.00. The van der Waals surface area contributed by atoms with Gasteiger partial charge in [0.2, 0.25) is 12.5 Å². The van der Waals surface area contributed by atoms with Crippen LogP contribution in [0.15, 0.2) is 132 Å². The highest BCUT2D eigenvalue weighted by Gasteiger charge is 2.55. The molecule has 0 bridgehead atoms. The first-order chi connectivity index (χ1) is 28.4. The van der Waals surface area contributed by atoms with E-state index in [-0.39, 0.29) is 46.8 Å². The molecule has 0 saturated carbocycles. The van der Waals surface area contributed by atoms with Crippen LogP contribution in [-0.2, 0) is 41.7 Å². The van der Waals surface area contributed by atoms with E-state index in [9.17, 15) is 24.0 Å². The number of carbonyl (C=O) groups excluding carboxylic acids is 5. The van der Waals surface area contributed by atoms with Crippen molar-refractivity contribution in [1.29, 1.82) is 0 Å². The number of β-lactam (4-membered cyclic amide) rings is 1. The van der Waals surface area contributed by atoms with Gasteiger partial charge in [-0.05, 0) is 79.8 Å². The fourth-order valence-corrected chi connectivity index (χ4v) is 8.35. The van der Waals surface area contributed by atoms with Gasteiger partial charge in [0.1, 0.15) is 28.5 Å². The van der Waals surface area contributed by atoms with E-state index < -0.39 is 41.1 Å². The zero-order chi connectivity index (χ0) is 41.7. The Kier molecular flexibility index (Phi) is 13.8. The number of alkyl carbamates (subject to hydrolysis) is 1. The molecule has 7 rings (SSSR count). The van der Waals surface area contributed by atoms with Crippen LogP contribution in [0.5, 0.6) is 5.75 Å². The highest BCUT2D eigenvalue weighted by Crippen LogP contribution is 2.43. The van der Waals surface area contributed by atoms with Crippen LogP contribution in [0.1, 0.15) is 50.0 Å². The van der Waals surface area contributed by atoms with Gasteiger partial charge >= 0.3 is 12.1 Å². The number of pyridine rings is 1. The Balaban J connectivity index is 0.00000604. The van der Waals surface area contributed by atoms with Crippen LogP contribution in [-0.4, -0.2) is 76.0 Å². The number of fused-ring (bicyclic) bond motifs is 1. The van der Waals surface area contributed by atoms with Crippen molar-refractivity contribution >= 4 is 47.2 Å². The number of allylic oxidation sites excluding steroid dienone is 1. The first-order valence-electron chi connectivity index (χ1n) is 19.3. The lowest BCUT2D eigenvalue weighted by molar-refractivity contribution is -0.684. The molecule has 1 aromatic heterocycles. The summed E-state index contributed by atoms with van der Waals surface area (Å²) < 4.78 is 18.6. The number of hydrogen-bond donors (Lipinski definition) is 2.